The Bertz CT molecular complexity index is 202. The molecule has 2 atom stereocenters. The Labute approximate surface area is 75.1 Å². The van der Waals surface area contributed by atoms with Gasteiger partial charge in [0.1, 0.15) is 6.10 Å². The molecule has 0 spiro atoms. The molecular formula is C7H10O4S. The summed E-state index contributed by atoms with van der Waals surface area (Å²) in [5.74, 6) is -2.32. The van der Waals surface area contributed by atoms with Gasteiger partial charge in [-0.25, -0.2) is 0 Å². The van der Waals surface area contributed by atoms with E-state index in [1.54, 1.807) is 0 Å². The van der Waals surface area contributed by atoms with Crippen molar-refractivity contribution in [2.75, 3.05) is 0 Å². The number of thiocarbonyl (C=S) groups is 1. The SMILES string of the molecule is C=CCC(C(=O)O)C(O)C(O)=S. The molecule has 0 aromatic rings. The minimum absolute atomic E-state index is 0.0667. The summed E-state index contributed by atoms with van der Waals surface area (Å²) in [6.45, 7) is 3.33. The zero-order chi connectivity index (χ0) is 9.72. The Morgan fingerprint density at radius 3 is 2.33 bits per heavy atom. The fraction of sp³-hybridized carbons (Fsp3) is 0.429. The number of aliphatic hydroxyl groups excluding tert-OH is 2. The van der Waals surface area contributed by atoms with Crippen LogP contribution in [0.15, 0.2) is 12.7 Å². The molecular weight excluding hydrogens is 180 g/mol. The summed E-state index contributed by atoms with van der Waals surface area (Å²) in [5.41, 5.74) is 0. The molecule has 0 amide bonds. The zero-order valence-electron chi connectivity index (χ0n) is 6.30. The molecule has 0 aliphatic rings. The quantitative estimate of drug-likeness (QED) is 0.435. The highest BCUT2D eigenvalue weighted by atomic mass is 32.1. The number of hydrogen-bond acceptors (Lipinski definition) is 3. The maximum absolute atomic E-state index is 10.5. The van der Waals surface area contributed by atoms with Crippen LogP contribution in [-0.2, 0) is 4.79 Å². The van der Waals surface area contributed by atoms with Gasteiger partial charge in [-0.2, -0.15) is 0 Å². The van der Waals surface area contributed by atoms with Crippen molar-refractivity contribution in [1.29, 1.82) is 0 Å². The van der Waals surface area contributed by atoms with Crippen molar-refractivity contribution in [1.82, 2.24) is 0 Å². The molecule has 0 saturated heterocycles. The monoisotopic (exact) mass is 190 g/mol. The maximum atomic E-state index is 10.5. The highest BCUT2D eigenvalue weighted by molar-refractivity contribution is 7.80. The zero-order valence-corrected chi connectivity index (χ0v) is 7.12. The Hall–Kier alpha value is -0.940. The maximum Gasteiger partial charge on any atom is 0.309 e. The molecule has 0 aromatic heterocycles. The van der Waals surface area contributed by atoms with Crippen LogP contribution in [0.4, 0.5) is 0 Å². The predicted octanol–water partition coefficient (Wildman–Crippen LogP) is 0.510. The number of hydrogen-bond donors (Lipinski definition) is 3. The van der Waals surface area contributed by atoms with Crippen LogP contribution in [0.5, 0.6) is 0 Å². The molecule has 0 bridgehead atoms. The van der Waals surface area contributed by atoms with E-state index in [1.807, 2.05) is 0 Å². The molecule has 0 aliphatic carbocycles. The fourth-order valence-electron chi connectivity index (χ4n) is 0.716. The van der Waals surface area contributed by atoms with Gasteiger partial charge in [0.05, 0.1) is 5.92 Å². The molecule has 0 radical (unpaired) electrons. The molecule has 2 unspecified atom stereocenters. The average molecular weight is 190 g/mol. The molecule has 5 heteroatoms. The summed E-state index contributed by atoms with van der Waals surface area (Å²) >= 11 is 4.24. The summed E-state index contributed by atoms with van der Waals surface area (Å²) in [6.07, 6.45) is -0.0900. The Morgan fingerprint density at radius 1 is 1.58 bits per heavy atom. The number of aliphatic carboxylic acids is 1. The molecule has 0 heterocycles. The van der Waals surface area contributed by atoms with E-state index < -0.39 is 23.0 Å². The van der Waals surface area contributed by atoms with E-state index >= 15 is 0 Å². The number of carbonyl (C=O) groups is 1. The van der Waals surface area contributed by atoms with Crippen molar-refractivity contribution >= 4 is 23.2 Å². The van der Waals surface area contributed by atoms with Crippen LogP contribution < -0.4 is 0 Å². The van der Waals surface area contributed by atoms with E-state index in [2.05, 4.69) is 18.8 Å². The third kappa shape index (κ3) is 2.98. The Morgan fingerprint density at radius 2 is 2.08 bits per heavy atom. The Kier molecular flexibility index (Phi) is 4.46. The lowest BCUT2D eigenvalue weighted by atomic mass is 9.99. The molecule has 0 rings (SSSR count). The second-order valence-electron chi connectivity index (χ2n) is 2.25. The molecule has 0 aliphatic heterocycles. The van der Waals surface area contributed by atoms with Crippen LogP contribution in [0, 0.1) is 5.92 Å². The molecule has 4 nitrogen and oxygen atoms in total. The van der Waals surface area contributed by atoms with Gasteiger partial charge in [0.15, 0.2) is 5.05 Å². The highest BCUT2D eigenvalue weighted by Crippen LogP contribution is 2.11. The van der Waals surface area contributed by atoms with Gasteiger partial charge in [-0.3, -0.25) is 4.79 Å². The van der Waals surface area contributed by atoms with Crippen molar-refractivity contribution in [3.8, 4) is 0 Å². The number of carboxylic acid groups (broad SMARTS) is 1. The van der Waals surface area contributed by atoms with Gasteiger partial charge in [0.25, 0.3) is 0 Å². The van der Waals surface area contributed by atoms with Crippen molar-refractivity contribution in [3.05, 3.63) is 12.7 Å². The first-order chi connectivity index (χ1) is 5.50. The predicted molar refractivity (Wildman–Crippen MR) is 47.2 cm³/mol. The number of carboxylic acids is 1. The largest absolute Gasteiger partial charge is 0.500 e. The van der Waals surface area contributed by atoms with Gasteiger partial charge in [-0.05, 0) is 18.6 Å². The van der Waals surface area contributed by atoms with E-state index in [0.29, 0.717) is 0 Å². The third-order valence-electron chi connectivity index (χ3n) is 1.37. The molecule has 12 heavy (non-hydrogen) atoms. The summed E-state index contributed by atoms with van der Waals surface area (Å²) in [7, 11) is 0. The first-order valence-electron chi connectivity index (χ1n) is 3.25. The second kappa shape index (κ2) is 4.84. The molecule has 3 N–H and O–H groups in total. The topological polar surface area (TPSA) is 77.8 Å². The van der Waals surface area contributed by atoms with Gasteiger partial charge < -0.3 is 15.3 Å². The van der Waals surface area contributed by atoms with Crippen LogP contribution in [0.3, 0.4) is 0 Å². The van der Waals surface area contributed by atoms with Gasteiger partial charge >= 0.3 is 5.97 Å². The van der Waals surface area contributed by atoms with Crippen LogP contribution in [0.1, 0.15) is 6.42 Å². The Balaban J connectivity index is 4.38. The van der Waals surface area contributed by atoms with E-state index in [4.69, 9.17) is 15.3 Å². The van der Waals surface area contributed by atoms with Crippen LogP contribution >= 0.6 is 12.2 Å². The summed E-state index contributed by atoms with van der Waals surface area (Å²) in [4.78, 5) is 10.5. The average Bonchev–Trinajstić information content (AvgIpc) is 1.98. The van der Waals surface area contributed by atoms with E-state index in [0.717, 1.165) is 0 Å². The minimum Gasteiger partial charge on any atom is -0.500 e. The lowest BCUT2D eigenvalue weighted by molar-refractivity contribution is -0.144. The van der Waals surface area contributed by atoms with E-state index in [-0.39, 0.29) is 6.42 Å². The highest BCUT2D eigenvalue weighted by Gasteiger charge is 2.28. The lowest BCUT2D eigenvalue weighted by Crippen LogP contribution is -2.33. The van der Waals surface area contributed by atoms with Crippen molar-refractivity contribution in [2.45, 2.75) is 12.5 Å². The van der Waals surface area contributed by atoms with Crippen LogP contribution in [-0.4, -0.2) is 32.4 Å². The van der Waals surface area contributed by atoms with Gasteiger partial charge in [0.2, 0.25) is 0 Å². The lowest BCUT2D eigenvalue weighted by Gasteiger charge is -2.14. The third-order valence-corrected chi connectivity index (χ3v) is 1.61. The second-order valence-corrected chi connectivity index (χ2v) is 2.67. The molecule has 68 valence electrons. The first kappa shape index (κ1) is 11.1. The first-order valence-corrected chi connectivity index (χ1v) is 3.66. The number of aliphatic hydroxyl groups is 2. The van der Waals surface area contributed by atoms with Crippen molar-refractivity contribution in [2.24, 2.45) is 5.92 Å². The summed E-state index contributed by atoms with van der Waals surface area (Å²) in [6, 6.07) is 0. The van der Waals surface area contributed by atoms with Crippen molar-refractivity contribution < 1.29 is 20.1 Å². The number of allylic oxidation sites excluding steroid dienone is 1. The standard InChI is InChI=1S/C7H10O4S/c1-2-3-4(6(9)10)5(8)7(11)12/h2,4-5,8H,1,3H2,(H,9,10)(H,11,12). The van der Waals surface area contributed by atoms with Gasteiger partial charge in [-0.1, -0.05) is 6.08 Å². The normalized spacial score (nSPS) is 14.8. The van der Waals surface area contributed by atoms with Gasteiger partial charge in [0, 0.05) is 0 Å². The minimum atomic E-state index is -1.50. The van der Waals surface area contributed by atoms with E-state index in [1.165, 1.54) is 6.08 Å². The molecule has 0 aromatic carbocycles. The van der Waals surface area contributed by atoms with Crippen LogP contribution in [0.25, 0.3) is 0 Å². The molecule has 0 fully saturated rings. The van der Waals surface area contributed by atoms with Gasteiger partial charge in [-0.15, -0.1) is 6.58 Å². The summed E-state index contributed by atoms with van der Waals surface area (Å²) < 4.78 is 0. The summed E-state index contributed by atoms with van der Waals surface area (Å²) in [5, 5.41) is 25.6. The van der Waals surface area contributed by atoms with Crippen molar-refractivity contribution in [3.63, 3.8) is 0 Å². The number of rotatable bonds is 5. The van der Waals surface area contributed by atoms with E-state index in [9.17, 15) is 4.79 Å². The molecule has 0 saturated carbocycles. The van der Waals surface area contributed by atoms with Crippen LogP contribution in [0.2, 0.25) is 0 Å². The fourth-order valence-corrected chi connectivity index (χ4v) is 0.881. The smallest absolute Gasteiger partial charge is 0.309 e.